The highest BCUT2D eigenvalue weighted by Gasteiger charge is 2.77. The maximum absolute atomic E-state index is 13.6. The third-order valence-corrected chi connectivity index (χ3v) is 9.62. The Balaban J connectivity index is 1.57. The molecule has 0 radical (unpaired) electrons. The molecule has 1 spiro atoms. The van der Waals surface area contributed by atoms with Crippen molar-refractivity contribution in [3.05, 3.63) is 11.1 Å². The van der Waals surface area contributed by atoms with Crippen LogP contribution >= 0.6 is 0 Å². The molecule has 0 aliphatic heterocycles. The molecule has 140 valence electrons. The van der Waals surface area contributed by atoms with Crippen molar-refractivity contribution in [2.24, 2.45) is 34.0 Å². The molecule has 7 atom stereocenters. The smallest absolute Gasteiger partial charge is 0.393 e. The van der Waals surface area contributed by atoms with Crippen LogP contribution < -0.4 is 0 Å². The van der Waals surface area contributed by atoms with Gasteiger partial charge in [0.05, 0.1) is 6.10 Å². The lowest BCUT2D eigenvalue weighted by Crippen LogP contribution is -2.54. The molecule has 4 saturated carbocycles. The standard InChI is InChI=1S/C21H29F3O/c1-18-8-3-4-16(21(22,23)24)13(18)5-6-15-14(18)7-9-19(2)17(25)10-12-11-20(12,15)19/h12,14-15,17,25H,3-11H2,1-2H3/t12-,14-,15+,17-,18-,19+,20+/m0/s1. The minimum atomic E-state index is -4.16. The Kier molecular flexibility index (Phi) is 3.10. The van der Waals surface area contributed by atoms with Gasteiger partial charge in [-0.15, -0.1) is 0 Å². The number of alkyl halides is 3. The lowest BCUT2D eigenvalue weighted by molar-refractivity contribution is -0.116. The van der Waals surface area contributed by atoms with Crippen molar-refractivity contribution in [3.8, 4) is 0 Å². The van der Waals surface area contributed by atoms with E-state index in [1.54, 1.807) is 0 Å². The molecule has 0 aromatic rings. The molecule has 5 rings (SSSR count). The molecule has 25 heavy (non-hydrogen) atoms. The van der Waals surface area contributed by atoms with Gasteiger partial charge in [-0.1, -0.05) is 19.4 Å². The predicted octanol–water partition coefficient (Wildman–Crippen LogP) is 5.63. The molecule has 0 amide bonds. The summed E-state index contributed by atoms with van der Waals surface area (Å²) >= 11 is 0. The number of halogens is 3. The van der Waals surface area contributed by atoms with Gasteiger partial charge in [0, 0.05) is 5.57 Å². The van der Waals surface area contributed by atoms with Gasteiger partial charge in [0.2, 0.25) is 0 Å². The Morgan fingerprint density at radius 1 is 1.04 bits per heavy atom. The van der Waals surface area contributed by atoms with Gasteiger partial charge in [0.1, 0.15) is 0 Å². The van der Waals surface area contributed by atoms with E-state index in [2.05, 4.69) is 13.8 Å². The number of hydrogen-bond acceptors (Lipinski definition) is 1. The largest absolute Gasteiger partial charge is 0.412 e. The van der Waals surface area contributed by atoms with Crippen LogP contribution in [0.2, 0.25) is 0 Å². The second kappa shape index (κ2) is 4.66. The molecule has 0 aromatic heterocycles. The molecule has 5 aliphatic carbocycles. The van der Waals surface area contributed by atoms with Gasteiger partial charge in [-0.3, -0.25) is 0 Å². The van der Waals surface area contributed by atoms with Crippen LogP contribution in [0.3, 0.4) is 0 Å². The van der Waals surface area contributed by atoms with Crippen molar-refractivity contribution in [2.75, 3.05) is 0 Å². The Morgan fingerprint density at radius 3 is 2.52 bits per heavy atom. The number of fused-ring (bicyclic) bond motifs is 3. The van der Waals surface area contributed by atoms with Crippen molar-refractivity contribution in [3.63, 3.8) is 0 Å². The highest BCUT2D eigenvalue weighted by molar-refractivity contribution is 5.35. The number of aliphatic hydroxyl groups is 1. The van der Waals surface area contributed by atoms with Gasteiger partial charge in [0.25, 0.3) is 0 Å². The van der Waals surface area contributed by atoms with E-state index in [0.29, 0.717) is 30.6 Å². The topological polar surface area (TPSA) is 20.2 Å². The van der Waals surface area contributed by atoms with E-state index in [9.17, 15) is 18.3 Å². The maximum atomic E-state index is 13.6. The number of aliphatic hydroxyl groups excluding tert-OH is 1. The van der Waals surface area contributed by atoms with E-state index >= 15 is 0 Å². The first kappa shape index (κ1) is 16.6. The van der Waals surface area contributed by atoms with Crippen LogP contribution in [0.1, 0.15) is 71.6 Å². The van der Waals surface area contributed by atoms with Crippen LogP contribution in [0.5, 0.6) is 0 Å². The molecule has 0 heterocycles. The van der Waals surface area contributed by atoms with Crippen molar-refractivity contribution >= 4 is 0 Å². The summed E-state index contributed by atoms with van der Waals surface area (Å²) in [5.74, 6) is 1.53. The summed E-state index contributed by atoms with van der Waals surface area (Å²) in [7, 11) is 0. The molecule has 0 unspecified atom stereocenters. The summed E-state index contributed by atoms with van der Waals surface area (Å²) in [4.78, 5) is 0. The van der Waals surface area contributed by atoms with Gasteiger partial charge >= 0.3 is 6.18 Å². The van der Waals surface area contributed by atoms with Gasteiger partial charge in [-0.25, -0.2) is 0 Å². The first-order chi connectivity index (χ1) is 11.6. The molecular formula is C21H29F3O. The number of hydrogen-bond donors (Lipinski definition) is 1. The van der Waals surface area contributed by atoms with Crippen LogP contribution in [0.4, 0.5) is 13.2 Å². The molecule has 0 bridgehead atoms. The number of rotatable bonds is 0. The monoisotopic (exact) mass is 354 g/mol. The third kappa shape index (κ3) is 1.81. The highest BCUT2D eigenvalue weighted by atomic mass is 19.4. The molecule has 4 fully saturated rings. The second-order valence-electron chi connectivity index (χ2n) is 10.1. The summed E-state index contributed by atoms with van der Waals surface area (Å²) in [5.41, 5.74) is 0.549. The molecule has 0 saturated heterocycles. The van der Waals surface area contributed by atoms with Crippen molar-refractivity contribution < 1.29 is 18.3 Å². The van der Waals surface area contributed by atoms with Gasteiger partial charge in [0.15, 0.2) is 0 Å². The zero-order chi connectivity index (χ0) is 17.8. The maximum Gasteiger partial charge on any atom is 0.412 e. The summed E-state index contributed by atoms with van der Waals surface area (Å²) < 4.78 is 40.9. The molecule has 4 heteroatoms. The van der Waals surface area contributed by atoms with Crippen LogP contribution in [0.25, 0.3) is 0 Å². The Morgan fingerprint density at radius 2 is 1.80 bits per heavy atom. The van der Waals surface area contributed by atoms with Crippen molar-refractivity contribution in [1.82, 2.24) is 0 Å². The molecule has 5 aliphatic rings. The quantitative estimate of drug-likeness (QED) is 0.559. The lowest BCUT2D eigenvalue weighted by Gasteiger charge is -2.60. The second-order valence-corrected chi connectivity index (χ2v) is 10.1. The SMILES string of the molecule is C[C@]12CCCC(C(F)(F)F)=C1CC[C@@H]1[C@@H]2CC[C@]2(C)[C@@H](O)C[C@H]3C[C@@]312. The van der Waals surface area contributed by atoms with Crippen molar-refractivity contribution in [2.45, 2.75) is 83.9 Å². The summed E-state index contributed by atoms with van der Waals surface area (Å²) in [6, 6.07) is 0. The van der Waals surface area contributed by atoms with E-state index in [0.717, 1.165) is 37.7 Å². The van der Waals surface area contributed by atoms with Crippen molar-refractivity contribution in [1.29, 1.82) is 0 Å². The summed E-state index contributed by atoms with van der Waals surface area (Å²) in [5, 5.41) is 10.7. The molecule has 0 aromatic carbocycles. The van der Waals surface area contributed by atoms with Gasteiger partial charge in [-0.2, -0.15) is 13.2 Å². The fourth-order valence-electron chi connectivity index (χ4n) is 8.43. The minimum absolute atomic E-state index is 0.0118. The van der Waals surface area contributed by atoms with E-state index in [1.807, 2.05) is 0 Å². The van der Waals surface area contributed by atoms with Gasteiger partial charge in [-0.05, 0) is 91.8 Å². The average molecular weight is 354 g/mol. The van der Waals surface area contributed by atoms with E-state index < -0.39 is 6.18 Å². The molecule has 1 nitrogen and oxygen atoms in total. The first-order valence-corrected chi connectivity index (χ1v) is 10.1. The zero-order valence-corrected chi connectivity index (χ0v) is 15.3. The minimum Gasteiger partial charge on any atom is -0.393 e. The highest BCUT2D eigenvalue weighted by Crippen LogP contribution is 2.82. The lowest BCUT2D eigenvalue weighted by atomic mass is 9.45. The third-order valence-electron chi connectivity index (χ3n) is 9.62. The van der Waals surface area contributed by atoms with E-state index in [-0.39, 0.29) is 34.3 Å². The predicted molar refractivity (Wildman–Crippen MR) is 89.8 cm³/mol. The van der Waals surface area contributed by atoms with Crippen LogP contribution in [0, 0.1) is 34.0 Å². The van der Waals surface area contributed by atoms with Crippen LogP contribution in [0.15, 0.2) is 11.1 Å². The summed E-state index contributed by atoms with van der Waals surface area (Å²) in [6.45, 7) is 4.42. The van der Waals surface area contributed by atoms with E-state index in [1.165, 1.54) is 6.42 Å². The number of allylic oxidation sites excluding steroid dienone is 2. The fraction of sp³-hybridized carbons (Fsp3) is 0.905. The Bertz CT molecular complexity index is 652. The molecule has 1 N–H and O–H groups in total. The Labute approximate surface area is 148 Å². The summed E-state index contributed by atoms with van der Waals surface area (Å²) in [6.07, 6.45) is 3.13. The Hall–Kier alpha value is -0.510. The first-order valence-electron chi connectivity index (χ1n) is 10.1. The zero-order valence-electron chi connectivity index (χ0n) is 15.3. The van der Waals surface area contributed by atoms with Gasteiger partial charge < -0.3 is 5.11 Å². The van der Waals surface area contributed by atoms with E-state index in [4.69, 9.17) is 0 Å². The molecular weight excluding hydrogens is 325 g/mol. The fourth-order valence-corrected chi connectivity index (χ4v) is 8.43. The average Bonchev–Trinajstić information content (AvgIpc) is 3.18. The normalized spacial score (nSPS) is 54.5. The van der Waals surface area contributed by atoms with Crippen LogP contribution in [-0.4, -0.2) is 17.4 Å². The van der Waals surface area contributed by atoms with Crippen LogP contribution in [-0.2, 0) is 0 Å².